The minimum Gasteiger partial charge on any atom is -0.301 e. The molecule has 3 nitrogen and oxygen atoms in total. The zero-order valence-electron chi connectivity index (χ0n) is 12.3. The van der Waals surface area contributed by atoms with Crippen LogP contribution in [0.3, 0.4) is 0 Å². The van der Waals surface area contributed by atoms with Crippen LogP contribution < -0.4 is 0 Å². The Bertz CT molecular complexity index is 271. The van der Waals surface area contributed by atoms with Crippen LogP contribution in [0.1, 0.15) is 33.1 Å². The molecule has 0 saturated carbocycles. The fourth-order valence-corrected chi connectivity index (χ4v) is 4.05. The van der Waals surface area contributed by atoms with Crippen LogP contribution >= 0.6 is 0 Å². The summed E-state index contributed by atoms with van der Waals surface area (Å²) in [5, 5.41) is 0. The average Bonchev–Trinajstić information content (AvgIpc) is 2.39. The van der Waals surface area contributed by atoms with Gasteiger partial charge in [0, 0.05) is 37.8 Å². The highest BCUT2D eigenvalue weighted by Crippen LogP contribution is 2.31. The van der Waals surface area contributed by atoms with E-state index in [1.807, 2.05) is 0 Å². The number of piperidine rings is 2. The maximum absolute atomic E-state index is 2.74. The number of fused-ring (bicyclic) bond motifs is 2. The first-order chi connectivity index (χ1) is 8.63. The van der Waals surface area contributed by atoms with E-state index in [1.165, 1.54) is 52.0 Å². The maximum Gasteiger partial charge on any atom is 0.0238 e. The molecule has 0 aromatic carbocycles. The summed E-state index contributed by atoms with van der Waals surface area (Å²) in [7, 11) is 2.30. The van der Waals surface area contributed by atoms with Crippen LogP contribution in [-0.4, -0.2) is 72.6 Å². The van der Waals surface area contributed by atoms with Crippen LogP contribution in [-0.2, 0) is 0 Å². The van der Waals surface area contributed by atoms with Crippen molar-refractivity contribution in [1.29, 1.82) is 0 Å². The van der Waals surface area contributed by atoms with Crippen molar-refractivity contribution in [2.75, 3.05) is 39.8 Å². The average molecular weight is 251 g/mol. The molecule has 4 aliphatic rings. The lowest BCUT2D eigenvalue weighted by Crippen LogP contribution is -2.67. The number of likely N-dealkylation sites (N-methyl/N-ethyl adjacent to an activating group) is 1. The summed E-state index contributed by atoms with van der Waals surface area (Å²) in [4.78, 5) is 7.96. The number of piperazine rings is 1. The van der Waals surface area contributed by atoms with Crippen molar-refractivity contribution in [2.24, 2.45) is 5.92 Å². The lowest BCUT2D eigenvalue weighted by Gasteiger charge is -2.55. The molecular formula is C15H29N3. The molecule has 2 bridgehead atoms. The molecule has 2 unspecified atom stereocenters. The van der Waals surface area contributed by atoms with Crippen LogP contribution in [0.25, 0.3) is 0 Å². The molecule has 0 amide bonds. The first-order valence-corrected chi connectivity index (χ1v) is 7.82. The highest BCUT2D eigenvalue weighted by atomic mass is 15.3. The Morgan fingerprint density at radius 3 is 2.17 bits per heavy atom. The van der Waals surface area contributed by atoms with Crippen LogP contribution in [0.15, 0.2) is 0 Å². The maximum atomic E-state index is 2.74. The van der Waals surface area contributed by atoms with E-state index in [1.54, 1.807) is 0 Å². The second kappa shape index (κ2) is 5.10. The Hall–Kier alpha value is -0.120. The molecule has 0 aromatic rings. The molecule has 0 aliphatic carbocycles. The molecule has 104 valence electrons. The molecule has 4 saturated heterocycles. The Balaban J connectivity index is 1.42. The molecule has 0 N–H and O–H groups in total. The third kappa shape index (κ3) is 2.45. The summed E-state index contributed by atoms with van der Waals surface area (Å²) in [6.07, 6.45) is 4.29. The summed E-state index contributed by atoms with van der Waals surface area (Å²) in [5.41, 5.74) is 0. The Morgan fingerprint density at radius 2 is 1.67 bits per heavy atom. The molecule has 0 spiro atoms. The van der Waals surface area contributed by atoms with Gasteiger partial charge in [-0.3, -0.25) is 9.80 Å². The van der Waals surface area contributed by atoms with Gasteiger partial charge in [-0.05, 0) is 59.2 Å². The molecular weight excluding hydrogens is 222 g/mol. The van der Waals surface area contributed by atoms with Crippen molar-refractivity contribution in [3.05, 3.63) is 0 Å². The lowest BCUT2D eigenvalue weighted by atomic mass is 9.87. The van der Waals surface area contributed by atoms with E-state index >= 15 is 0 Å². The molecule has 18 heavy (non-hydrogen) atoms. The SMILES string of the molecule is CC(C)N1CCC(CN2CC3CC(C2)N3C)CC1. The molecule has 4 aliphatic heterocycles. The van der Waals surface area contributed by atoms with Gasteiger partial charge in [0.1, 0.15) is 0 Å². The van der Waals surface area contributed by atoms with Gasteiger partial charge in [-0.25, -0.2) is 0 Å². The fraction of sp³-hybridized carbons (Fsp3) is 1.00. The van der Waals surface area contributed by atoms with Gasteiger partial charge in [0.15, 0.2) is 0 Å². The normalized spacial score (nSPS) is 36.0. The van der Waals surface area contributed by atoms with Gasteiger partial charge in [-0.1, -0.05) is 0 Å². The van der Waals surface area contributed by atoms with E-state index in [0.29, 0.717) is 0 Å². The van der Waals surface area contributed by atoms with E-state index in [-0.39, 0.29) is 0 Å². The first kappa shape index (κ1) is 12.9. The smallest absolute Gasteiger partial charge is 0.0238 e. The van der Waals surface area contributed by atoms with Crippen molar-refractivity contribution in [1.82, 2.24) is 14.7 Å². The van der Waals surface area contributed by atoms with E-state index in [4.69, 9.17) is 0 Å². The van der Waals surface area contributed by atoms with E-state index in [2.05, 4.69) is 35.6 Å². The Kier molecular flexibility index (Phi) is 3.65. The van der Waals surface area contributed by atoms with Crippen molar-refractivity contribution in [3.8, 4) is 0 Å². The Morgan fingerprint density at radius 1 is 1.06 bits per heavy atom. The Labute approximate surface area is 112 Å². The second-order valence-electron chi connectivity index (χ2n) is 7.00. The fourth-order valence-electron chi connectivity index (χ4n) is 4.05. The van der Waals surface area contributed by atoms with Crippen molar-refractivity contribution >= 4 is 0 Å². The highest BCUT2D eigenvalue weighted by molar-refractivity contribution is 4.99. The van der Waals surface area contributed by atoms with Crippen molar-refractivity contribution in [2.45, 2.75) is 51.2 Å². The van der Waals surface area contributed by atoms with Crippen LogP contribution in [0, 0.1) is 5.92 Å². The third-order valence-electron chi connectivity index (χ3n) is 5.53. The predicted molar refractivity (Wildman–Crippen MR) is 75.8 cm³/mol. The van der Waals surface area contributed by atoms with E-state index in [9.17, 15) is 0 Å². The predicted octanol–water partition coefficient (Wildman–Crippen LogP) is 1.50. The van der Waals surface area contributed by atoms with E-state index < -0.39 is 0 Å². The largest absolute Gasteiger partial charge is 0.301 e. The molecule has 0 radical (unpaired) electrons. The molecule has 0 aromatic heterocycles. The quantitative estimate of drug-likeness (QED) is 0.752. The highest BCUT2D eigenvalue weighted by Gasteiger charge is 2.42. The molecule has 4 fully saturated rings. The van der Waals surface area contributed by atoms with Crippen molar-refractivity contribution in [3.63, 3.8) is 0 Å². The van der Waals surface area contributed by atoms with Gasteiger partial charge in [-0.15, -0.1) is 0 Å². The van der Waals surface area contributed by atoms with E-state index in [0.717, 1.165) is 24.0 Å². The third-order valence-corrected chi connectivity index (χ3v) is 5.53. The monoisotopic (exact) mass is 251 g/mol. The standard InChI is InChI=1S/C15H29N3/c1-12(2)18-6-4-13(5-7-18)9-17-10-14-8-15(11-17)16(14)3/h12-15H,4-11H2,1-3H3. The first-order valence-electron chi connectivity index (χ1n) is 7.82. The van der Waals surface area contributed by atoms with Crippen LogP contribution in [0.5, 0.6) is 0 Å². The van der Waals surface area contributed by atoms with Crippen LogP contribution in [0.4, 0.5) is 0 Å². The lowest BCUT2D eigenvalue weighted by molar-refractivity contribution is -0.0572. The number of nitrogens with zero attached hydrogens (tertiary/aromatic N) is 3. The molecule has 4 heterocycles. The van der Waals surface area contributed by atoms with Gasteiger partial charge in [0.2, 0.25) is 0 Å². The van der Waals surface area contributed by atoms with Crippen molar-refractivity contribution < 1.29 is 0 Å². The molecule has 3 heteroatoms. The summed E-state index contributed by atoms with van der Waals surface area (Å²) < 4.78 is 0. The summed E-state index contributed by atoms with van der Waals surface area (Å²) in [6, 6.07) is 2.49. The van der Waals surface area contributed by atoms with Gasteiger partial charge >= 0.3 is 0 Å². The minimum atomic E-state index is 0.738. The van der Waals surface area contributed by atoms with Gasteiger partial charge in [0.05, 0.1) is 0 Å². The second-order valence-corrected chi connectivity index (χ2v) is 7.00. The molecule has 2 atom stereocenters. The van der Waals surface area contributed by atoms with Gasteiger partial charge < -0.3 is 4.90 Å². The van der Waals surface area contributed by atoms with Gasteiger partial charge in [0.25, 0.3) is 0 Å². The van der Waals surface area contributed by atoms with Crippen LogP contribution in [0.2, 0.25) is 0 Å². The minimum absolute atomic E-state index is 0.738. The number of hydrogen-bond donors (Lipinski definition) is 0. The van der Waals surface area contributed by atoms with Gasteiger partial charge in [-0.2, -0.15) is 0 Å². The zero-order chi connectivity index (χ0) is 12.7. The number of hydrogen-bond acceptors (Lipinski definition) is 3. The zero-order valence-corrected chi connectivity index (χ0v) is 12.3. The molecule has 4 rings (SSSR count). The summed E-state index contributed by atoms with van der Waals surface area (Å²) in [5.74, 6) is 0.961. The summed E-state index contributed by atoms with van der Waals surface area (Å²) in [6.45, 7) is 11.3. The number of rotatable bonds is 3. The summed E-state index contributed by atoms with van der Waals surface area (Å²) >= 11 is 0. The topological polar surface area (TPSA) is 9.72 Å². The number of likely N-dealkylation sites (tertiary alicyclic amines) is 1.